The van der Waals surface area contributed by atoms with Crippen LogP contribution < -0.4 is 20.9 Å². The molecule has 170 valence electrons. The monoisotopic (exact) mass is 456 g/mol. The van der Waals surface area contributed by atoms with Crippen molar-refractivity contribution in [1.29, 1.82) is 0 Å². The molecule has 0 atom stereocenters. The maximum atomic E-state index is 12.6. The average molecular weight is 457 g/mol. The van der Waals surface area contributed by atoms with Crippen LogP contribution in [-0.4, -0.2) is 53.6 Å². The van der Waals surface area contributed by atoms with Gasteiger partial charge < -0.3 is 19.5 Å². The molecule has 0 saturated carbocycles. The number of aromatic amines is 1. The van der Waals surface area contributed by atoms with E-state index in [1.807, 2.05) is 29.2 Å². The summed E-state index contributed by atoms with van der Waals surface area (Å²) in [5.74, 6) is 1.02. The first kappa shape index (κ1) is 22.1. The van der Waals surface area contributed by atoms with E-state index < -0.39 is 0 Å². The van der Waals surface area contributed by atoms with Crippen LogP contribution in [0.25, 0.3) is 10.2 Å². The van der Waals surface area contributed by atoms with Gasteiger partial charge in [-0.15, -0.1) is 11.3 Å². The number of nitrogens with one attached hydrogen (secondary N) is 1. The first-order chi connectivity index (χ1) is 15.6. The summed E-state index contributed by atoms with van der Waals surface area (Å²) in [4.78, 5) is 44.1. The predicted molar refractivity (Wildman–Crippen MR) is 127 cm³/mol. The number of benzene rings is 1. The van der Waals surface area contributed by atoms with Crippen LogP contribution in [0.1, 0.15) is 25.7 Å². The van der Waals surface area contributed by atoms with Crippen molar-refractivity contribution in [3.63, 3.8) is 0 Å². The number of fused-ring (bicyclic) bond motifs is 1. The van der Waals surface area contributed by atoms with Gasteiger partial charge in [-0.05, 0) is 36.4 Å². The number of amides is 1. The summed E-state index contributed by atoms with van der Waals surface area (Å²) in [6.07, 6.45) is 2.72. The maximum Gasteiger partial charge on any atom is 0.328 e. The third-order valence-electron chi connectivity index (χ3n) is 5.92. The highest BCUT2D eigenvalue weighted by atomic mass is 32.1. The summed E-state index contributed by atoms with van der Waals surface area (Å²) >= 11 is 1.34. The van der Waals surface area contributed by atoms with Crippen molar-refractivity contribution in [2.45, 2.75) is 32.2 Å². The first-order valence-corrected chi connectivity index (χ1v) is 11.8. The Labute approximate surface area is 190 Å². The van der Waals surface area contributed by atoms with Crippen molar-refractivity contribution in [3.05, 3.63) is 56.5 Å². The lowest BCUT2D eigenvalue weighted by Crippen LogP contribution is -2.48. The van der Waals surface area contributed by atoms with Crippen molar-refractivity contribution >= 4 is 33.1 Å². The Balaban J connectivity index is 1.21. The summed E-state index contributed by atoms with van der Waals surface area (Å²) in [5.41, 5.74) is 1.05. The molecule has 2 aromatic heterocycles. The van der Waals surface area contributed by atoms with Gasteiger partial charge in [0, 0.05) is 39.1 Å². The Hall–Kier alpha value is -3.07. The van der Waals surface area contributed by atoms with Gasteiger partial charge in [-0.3, -0.25) is 14.2 Å². The minimum absolute atomic E-state index is 0.166. The molecule has 0 spiro atoms. The second-order valence-electron chi connectivity index (χ2n) is 7.90. The number of methoxy groups -OCH3 is 1. The average Bonchev–Trinajstić information content (AvgIpc) is 3.29. The topological polar surface area (TPSA) is 87.6 Å². The molecule has 1 fully saturated rings. The van der Waals surface area contributed by atoms with E-state index in [2.05, 4.69) is 9.88 Å². The summed E-state index contributed by atoms with van der Waals surface area (Å²) in [6, 6.07) is 9.69. The van der Waals surface area contributed by atoms with Crippen LogP contribution in [0.4, 0.5) is 5.69 Å². The number of ether oxygens (including phenoxy) is 1. The molecule has 0 bridgehead atoms. The second-order valence-corrected chi connectivity index (χ2v) is 8.82. The van der Waals surface area contributed by atoms with Crippen molar-refractivity contribution in [1.82, 2.24) is 14.5 Å². The largest absolute Gasteiger partial charge is 0.495 e. The lowest BCUT2D eigenvalue weighted by Gasteiger charge is -2.36. The van der Waals surface area contributed by atoms with E-state index in [0.29, 0.717) is 42.7 Å². The second kappa shape index (κ2) is 10.0. The number of hydrogen-bond acceptors (Lipinski definition) is 6. The molecule has 0 unspecified atom stereocenters. The number of nitrogens with zero attached hydrogens (tertiary/aromatic N) is 3. The van der Waals surface area contributed by atoms with E-state index in [0.717, 1.165) is 37.4 Å². The number of unbranched alkanes of at least 4 members (excludes halogenated alkanes) is 2. The number of H-pyrrole nitrogens is 1. The number of thiophene rings is 1. The van der Waals surface area contributed by atoms with Crippen LogP contribution in [-0.2, 0) is 11.3 Å². The van der Waals surface area contributed by atoms with Gasteiger partial charge in [0.25, 0.3) is 5.56 Å². The normalized spacial score (nSPS) is 14.2. The molecule has 1 aliphatic rings. The summed E-state index contributed by atoms with van der Waals surface area (Å²) in [6.45, 7) is 3.32. The zero-order valence-corrected chi connectivity index (χ0v) is 19.0. The number of aromatic nitrogens is 2. The first-order valence-electron chi connectivity index (χ1n) is 10.9. The summed E-state index contributed by atoms with van der Waals surface area (Å²) in [7, 11) is 1.67. The number of anilines is 1. The smallest absolute Gasteiger partial charge is 0.328 e. The highest BCUT2D eigenvalue weighted by molar-refractivity contribution is 7.17. The van der Waals surface area contributed by atoms with Crippen molar-refractivity contribution in [3.8, 4) is 5.75 Å². The molecule has 1 aliphatic heterocycles. The van der Waals surface area contributed by atoms with Gasteiger partial charge in [-0.2, -0.15) is 0 Å². The minimum Gasteiger partial charge on any atom is -0.495 e. The lowest BCUT2D eigenvalue weighted by atomic mass is 10.1. The van der Waals surface area contributed by atoms with Crippen LogP contribution in [0.15, 0.2) is 45.3 Å². The molecule has 1 amide bonds. The molecule has 1 aromatic carbocycles. The fourth-order valence-corrected chi connectivity index (χ4v) is 4.94. The standard InChI is InChI=1S/C23H28N4O4S/c1-31-19-8-5-4-7-18(19)25-12-14-26(15-13-25)20(28)9-3-2-6-11-27-22(29)21-17(10-16-32-21)24-23(27)30/h4-5,7-8,10,16H,2-3,6,9,11-15H2,1H3,(H,24,30). The fourth-order valence-electron chi connectivity index (χ4n) is 4.14. The minimum atomic E-state index is -0.370. The molecule has 32 heavy (non-hydrogen) atoms. The quantitative estimate of drug-likeness (QED) is 0.527. The Morgan fingerprint density at radius 2 is 1.84 bits per heavy atom. The zero-order valence-electron chi connectivity index (χ0n) is 18.2. The van der Waals surface area contributed by atoms with E-state index in [9.17, 15) is 14.4 Å². The molecule has 3 heterocycles. The SMILES string of the molecule is COc1ccccc1N1CCN(C(=O)CCCCCn2c(=O)[nH]c3ccsc3c2=O)CC1. The molecule has 4 rings (SSSR count). The Kier molecular flexibility index (Phi) is 6.94. The van der Waals surface area contributed by atoms with Gasteiger partial charge in [0.2, 0.25) is 5.91 Å². The summed E-state index contributed by atoms with van der Waals surface area (Å²) < 4.78 is 7.29. The van der Waals surface area contributed by atoms with E-state index >= 15 is 0 Å². The number of carbonyl (C=O) groups is 1. The highest BCUT2D eigenvalue weighted by Gasteiger charge is 2.22. The van der Waals surface area contributed by atoms with Crippen molar-refractivity contribution < 1.29 is 9.53 Å². The maximum absolute atomic E-state index is 12.6. The number of para-hydroxylation sites is 2. The van der Waals surface area contributed by atoms with E-state index in [-0.39, 0.29) is 17.2 Å². The molecule has 1 saturated heterocycles. The molecular weight excluding hydrogens is 428 g/mol. The Bertz CT molecular complexity index is 1190. The zero-order chi connectivity index (χ0) is 22.5. The highest BCUT2D eigenvalue weighted by Crippen LogP contribution is 2.28. The van der Waals surface area contributed by atoms with Gasteiger partial charge in [0.05, 0.1) is 18.3 Å². The van der Waals surface area contributed by atoms with Crippen LogP contribution in [0.3, 0.4) is 0 Å². The van der Waals surface area contributed by atoms with E-state index in [1.54, 1.807) is 18.6 Å². The van der Waals surface area contributed by atoms with Gasteiger partial charge in [-0.1, -0.05) is 18.6 Å². The number of hydrogen-bond donors (Lipinski definition) is 1. The fraction of sp³-hybridized carbons (Fsp3) is 0.435. The number of rotatable bonds is 8. The van der Waals surface area contributed by atoms with Crippen LogP contribution in [0.2, 0.25) is 0 Å². The Morgan fingerprint density at radius 1 is 1.06 bits per heavy atom. The van der Waals surface area contributed by atoms with Crippen LogP contribution >= 0.6 is 11.3 Å². The third-order valence-corrected chi connectivity index (χ3v) is 6.82. The molecule has 8 nitrogen and oxygen atoms in total. The van der Waals surface area contributed by atoms with Crippen molar-refractivity contribution in [2.24, 2.45) is 0 Å². The summed E-state index contributed by atoms with van der Waals surface area (Å²) in [5, 5.41) is 1.80. The van der Waals surface area contributed by atoms with E-state index in [4.69, 9.17) is 4.74 Å². The Morgan fingerprint density at radius 3 is 2.62 bits per heavy atom. The number of piperazine rings is 1. The molecular formula is C23H28N4O4S. The predicted octanol–water partition coefficient (Wildman–Crippen LogP) is 2.67. The van der Waals surface area contributed by atoms with Gasteiger partial charge in [-0.25, -0.2) is 4.79 Å². The van der Waals surface area contributed by atoms with Gasteiger partial charge in [0.1, 0.15) is 10.4 Å². The molecule has 0 aliphatic carbocycles. The van der Waals surface area contributed by atoms with Gasteiger partial charge >= 0.3 is 5.69 Å². The molecule has 0 radical (unpaired) electrons. The molecule has 9 heteroatoms. The molecule has 3 aromatic rings. The van der Waals surface area contributed by atoms with E-state index in [1.165, 1.54) is 15.9 Å². The molecule has 1 N–H and O–H groups in total. The number of carbonyl (C=O) groups excluding carboxylic acids is 1. The third kappa shape index (κ3) is 4.72. The lowest BCUT2D eigenvalue weighted by molar-refractivity contribution is -0.131. The van der Waals surface area contributed by atoms with Crippen LogP contribution in [0, 0.1) is 0 Å². The van der Waals surface area contributed by atoms with Crippen molar-refractivity contribution in [2.75, 3.05) is 38.2 Å². The van der Waals surface area contributed by atoms with Gasteiger partial charge in [0.15, 0.2) is 0 Å². The van der Waals surface area contributed by atoms with Crippen LogP contribution in [0.5, 0.6) is 5.75 Å².